The van der Waals surface area contributed by atoms with Gasteiger partial charge >= 0.3 is 0 Å². The summed E-state index contributed by atoms with van der Waals surface area (Å²) in [5, 5.41) is 3.62. The predicted molar refractivity (Wildman–Crippen MR) is 81.6 cm³/mol. The van der Waals surface area contributed by atoms with Gasteiger partial charge in [-0.2, -0.15) is 0 Å². The van der Waals surface area contributed by atoms with Crippen molar-refractivity contribution in [1.29, 1.82) is 0 Å². The molecular formula is C15H16F2N2OS. The summed E-state index contributed by atoms with van der Waals surface area (Å²) in [6.45, 7) is 3.73. The molecule has 21 heavy (non-hydrogen) atoms. The minimum atomic E-state index is -0.491. The maximum Gasteiger partial charge on any atom is 0.177 e. The molecule has 3 nitrogen and oxygen atoms in total. The second-order valence-corrected chi connectivity index (χ2v) is 6.06. The number of ketones is 1. The highest BCUT2D eigenvalue weighted by atomic mass is 32.1. The number of rotatable bonds is 5. The van der Waals surface area contributed by atoms with Gasteiger partial charge in [-0.25, -0.2) is 8.78 Å². The summed E-state index contributed by atoms with van der Waals surface area (Å²) in [5.41, 5.74) is 6.44. The number of hydrogen-bond donors (Lipinski definition) is 2. The maximum absolute atomic E-state index is 13.5. The summed E-state index contributed by atoms with van der Waals surface area (Å²) in [4.78, 5) is 12.4. The monoisotopic (exact) mass is 310 g/mol. The number of nitrogen functional groups attached to an aromatic ring is 1. The zero-order valence-corrected chi connectivity index (χ0v) is 12.6. The summed E-state index contributed by atoms with van der Waals surface area (Å²) in [5.74, 6) is -1.14. The standard InChI is InChI=1S/C15H16F2N2OS/c1-8(2)14(20)15-12(18)6-13(21-15)19-7-9-5-10(16)3-4-11(9)17/h3-6,8,19H,7,18H2,1-2H3. The van der Waals surface area contributed by atoms with E-state index in [-0.39, 0.29) is 23.8 Å². The molecule has 6 heteroatoms. The SMILES string of the molecule is CC(C)C(=O)c1sc(NCc2cc(F)ccc2F)cc1N. The van der Waals surface area contributed by atoms with Gasteiger partial charge in [0.1, 0.15) is 11.6 Å². The average molecular weight is 310 g/mol. The molecule has 0 amide bonds. The highest BCUT2D eigenvalue weighted by Crippen LogP contribution is 2.31. The van der Waals surface area contributed by atoms with Crippen molar-refractivity contribution in [2.45, 2.75) is 20.4 Å². The zero-order chi connectivity index (χ0) is 15.6. The average Bonchev–Trinajstić information content (AvgIpc) is 2.80. The van der Waals surface area contributed by atoms with Crippen molar-refractivity contribution < 1.29 is 13.6 Å². The minimum Gasteiger partial charge on any atom is -0.397 e. The smallest absolute Gasteiger partial charge is 0.177 e. The number of thiophene rings is 1. The van der Waals surface area contributed by atoms with Gasteiger partial charge in [0.2, 0.25) is 0 Å². The molecule has 2 rings (SSSR count). The molecule has 1 aromatic heterocycles. The van der Waals surface area contributed by atoms with Crippen LogP contribution >= 0.6 is 11.3 Å². The molecule has 0 saturated heterocycles. The van der Waals surface area contributed by atoms with E-state index in [1.165, 1.54) is 11.3 Å². The molecule has 112 valence electrons. The third-order valence-corrected chi connectivity index (χ3v) is 4.09. The number of hydrogen-bond acceptors (Lipinski definition) is 4. The number of anilines is 2. The predicted octanol–water partition coefficient (Wildman–Crippen LogP) is 4.06. The quantitative estimate of drug-likeness (QED) is 0.819. The number of nitrogens with two attached hydrogens (primary N) is 1. The lowest BCUT2D eigenvalue weighted by molar-refractivity contribution is 0.0944. The third-order valence-electron chi connectivity index (χ3n) is 2.97. The van der Waals surface area contributed by atoms with Gasteiger partial charge in [0.05, 0.1) is 15.6 Å². The summed E-state index contributed by atoms with van der Waals surface area (Å²) in [6, 6.07) is 4.93. The van der Waals surface area contributed by atoms with Gasteiger partial charge in [-0.15, -0.1) is 11.3 Å². The molecule has 0 bridgehead atoms. The molecule has 0 fully saturated rings. The first-order valence-corrected chi connectivity index (χ1v) is 7.31. The van der Waals surface area contributed by atoms with Crippen molar-refractivity contribution in [2.75, 3.05) is 11.1 Å². The molecule has 3 N–H and O–H groups in total. The number of Topliss-reactive ketones (excluding diaryl/α,β-unsaturated/α-hetero) is 1. The fourth-order valence-electron chi connectivity index (χ4n) is 1.81. The van der Waals surface area contributed by atoms with Crippen LogP contribution in [0, 0.1) is 17.6 Å². The van der Waals surface area contributed by atoms with E-state index < -0.39 is 11.6 Å². The van der Waals surface area contributed by atoms with Crippen molar-refractivity contribution in [3.63, 3.8) is 0 Å². The Kier molecular flexibility index (Phi) is 4.57. The summed E-state index contributed by atoms with van der Waals surface area (Å²) in [6.07, 6.45) is 0. The second-order valence-electron chi connectivity index (χ2n) is 5.00. The molecule has 0 aliphatic heterocycles. The van der Waals surface area contributed by atoms with Gasteiger partial charge in [-0.1, -0.05) is 13.8 Å². The molecular weight excluding hydrogens is 294 g/mol. The van der Waals surface area contributed by atoms with Crippen LogP contribution in [0.4, 0.5) is 19.5 Å². The van der Waals surface area contributed by atoms with E-state index in [4.69, 9.17) is 5.73 Å². The minimum absolute atomic E-state index is 0.0255. The molecule has 0 saturated carbocycles. The Morgan fingerprint density at radius 3 is 2.71 bits per heavy atom. The van der Waals surface area contributed by atoms with Crippen LogP contribution in [0.1, 0.15) is 29.1 Å². The lowest BCUT2D eigenvalue weighted by Crippen LogP contribution is -2.07. The van der Waals surface area contributed by atoms with Gasteiger partial charge in [0.15, 0.2) is 5.78 Å². The number of halogens is 2. The molecule has 0 aliphatic carbocycles. The highest BCUT2D eigenvalue weighted by molar-refractivity contribution is 7.18. The van der Waals surface area contributed by atoms with Gasteiger partial charge in [0, 0.05) is 18.0 Å². The topological polar surface area (TPSA) is 55.1 Å². The van der Waals surface area contributed by atoms with Gasteiger partial charge in [-0.05, 0) is 24.3 Å². The van der Waals surface area contributed by atoms with Crippen molar-refractivity contribution in [2.24, 2.45) is 5.92 Å². The Balaban J connectivity index is 2.12. The Bertz CT molecular complexity index is 668. The Hall–Kier alpha value is -1.95. The van der Waals surface area contributed by atoms with Crippen LogP contribution in [0.15, 0.2) is 24.3 Å². The Morgan fingerprint density at radius 2 is 2.05 bits per heavy atom. The molecule has 0 radical (unpaired) electrons. The van der Waals surface area contributed by atoms with E-state index in [0.29, 0.717) is 15.6 Å². The number of carbonyl (C=O) groups excluding carboxylic acids is 1. The zero-order valence-electron chi connectivity index (χ0n) is 11.7. The largest absolute Gasteiger partial charge is 0.397 e. The molecule has 2 aromatic rings. The van der Waals surface area contributed by atoms with Crippen LogP contribution in [0.2, 0.25) is 0 Å². The molecule has 0 aliphatic rings. The Labute approximate surface area is 125 Å². The van der Waals surface area contributed by atoms with Crippen molar-refractivity contribution in [1.82, 2.24) is 0 Å². The number of carbonyl (C=O) groups is 1. The molecule has 0 atom stereocenters. The van der Waals surface area contributed by atoms with Crippen LogP contribution < -0.4 is 11.1 Å². The maximum atomic E-state index is 13.5. The molecule has 0 unspecified atom stereocenters. The van der Waals surface area contributed by atoms with E-state index in [1.54, 1.807) is 19.9 Å². The van der Waals surface area contributed by atoms with Crippen molar-refractivity contribution in [3.8, 4) is 0 Å². The first kappa shape index (κ1) is 15.4. The highest BCUT2D eigenvalue weighted by Gasteiger charge is 2.17. The lowest BCUT2D eigenvalue weighted by Gasteiger charge is -2.05. The number of benzene rings is 1. The second kappa shape index (κ2) is 6.22. The van der Waals surface area contributed by atoms with Gasteiger partial charge < -0.3 is 11.1 Å². The van der Waals surface area contributed by atoms with Gasteiger partial charge in [0.25, 0.3) is 0 Å². The van der Waals surface area contributed by atoms with Crippen LogP contribution in [-0.4, -0.2) is 5.78 Å². The fraction of sp³-hybridized carbons (Fsp3) is 0.267. The van der Waals surface area contributed by atoms with Crippen molar-refractivity contribution >= 4 is 27.8 Å². The van der Waals surface area contributed by atoms with E-state index >= 15 is 0 Å². The summed E-state index contributed by atoms with van der Waals surface area (Å²) in [7, 11) is 0. The first-order valence-electron chi connectivity index (χ1n) is 6.49. The fourth-order valence-corrected chi connectivity index (χ4v) is 2.87. The summed E-state index contributed by atoms with van der Waals surface area (Å²) < 4.78 is 26.6. The van der Waals surface area contributed by atoms with Crippen LogP contribution in [0.25, 0.3) is 0 Å². The van der Waals surface area contributed by atoms with E-state index in [9.17, 15) is 13.6 Å². The molecule has 1 aromatic carbocycles. The van der Waals surface area contributed by atoms with E-state index in [1.807, 2.05) is 0 Å². The van der Waals surface area contributed by atoms with Crippen LogP contribution in [0.3, 0.4) is 0 Å². The molecule has 0 spiro atoms. The lowest BCUT2D eigenvalue weighted by atomic mass is 10.1. The number of nitrogens with one attached hydrogen (secondary N) is 1. The Morgan fingerprint density at radius 1 is 1.33 bits per heavy atom. The van der Waals surface area contributed by atoms with Crippen LogP contribution in [0.5, 0.6) is 0 Å². The summed E-state index contributed by atoms with van der Waals surface area (Å²) >= 11 is 1.22. The first-order chi connectivity index (χ1) is 9.88. The van der Waals surface area contributed by atoms with Crippen LogP contribution in [-0.2, 0) is 6.54 Å². The third kappa shape index (κ3) is 3.58. The molecule has 1 heterocycles. The van der Waals surface area contributed by atoms with E-state index in [0.717, 1.165) is 18.2 Å². The normalized spacial score (nSPS) is 10.9. The van der Waals surface area contributed by atoms with E-state index in [2.05, 4.69) is 5.32 Å². The van der Waals surface area contributed by atoms with Crippen molar-refractivity contribution in [3.05, 3.63) is 46.3 Å². The van der Waals surface area contributed by atoms with Gasteiger partial charge in [-0.3, -0.25) is 4.79 Å².